The zero-order valence-electron chi connectivity index (χ0n) is 16.2. The Kier molecular flexibility index (Phi) is 5.06. The molecule has 1 aliphatic rings. The number of nitrogens with zero attached hydrogens (tertiary/aromatic N) is 2. The second kappa shape index (κ2) is 7.79. The minimum atomic E-state index is 0.441. The SMILES string of the molecule is CCN1C=CC(CC=Cc2ccc3ccccc3[n+]2CC)c2ccccc21. The normalized spacial score (nSPS) is 16.2. The van der Waals surface area contributed by atoms with Gasteiger partial charge in [0.05, 0.1) is 0 Å². The fourth-order valence-electron chi connectivity index (χ4n) is 4.05. The number of aromatic nitrogens is 1. The van der Waals surface area contributed by atoms with Crippen LogP contribution in [0.4, 0.5) is 5.69 Å². The Morgan fingerprint density at radius 3 is 2.63 bits per heavy atom. The summed E-state index contributed by atoms with van der Waals surface area (Å²) in [6.45, 7) is 6.39. The molecule has 0 saturated heterocycles. The minimum Gasteiger partial charge on any atom is -0.348 e. The Labute approximate surface area is 162 Å². The van der Waals surface area contributed by atoms with Gasteiger partial charge in [-0.05, 0) is 44.0 Å². The number of aryl methyl sites for hydroxylation is 1. The molecule has 0 fully saturated rings. The summed E-state index contributed by atoms with van der Waals surface area (Å²) < 4.78 is 2.38. The van der Waals surface area contributed by atoms with Crippen LogP contribution in [0.3, 0.4) is 0 Å². The highest BCUT2D eigenvalue weighted by atomic mass is 15.1. The number of para-hydroxylation sites is 2. The highest BCUT2D eigenvalue weighted by Gasteiger charge is 2.19. The number of fused-ring (bicyclic) bond motifs is 2. The molecule has 136 valence electrons. The zero-order chi connectivity index (χ0) is 18.6. The van der Waals surface area contributed by atoms with Gasteiger partial charge >= 0.3 is 0 Å². The minimum absolute atomic E-state index is 0.441. The van der Waals surface area contributed by atoms with Gasteiger partial charge in [-0.2, -0.15) is 4.57 Å². The number of pyridine rings is 1. The maximum atomic E-state index is 2.38. The van der Waals surface area contributed by atoms with Crippen LogP contribution in [0.2, 0.25) is 0 Å². The lowest BCUT2D eigenvalue weighted by molar-refractivity contribution is -0.669. The third-order valence-electron chi connectivity index (χ3n) is 5.45. The van der Waals surface area contributed by atoms with Crippen molar-refractivity contribution >= 4 is 22.7 Å². The van der Waals surface area contributed by atoms with Gasteiger partial charge in [0.1, 0.15) is 6.54 Å². The van der Waals surface area contributed by atoms with Crippen LogP contribution < -0.4 is 9.47 Å². The Bertz CT molecular complexity index is 1000. The van der Waals surface area contributed by atoms with Crippen molar-refractivity contribution in [1.82, 2.24) is 0 Å². The molecule has 27 heavy (non-hydrogen) atoms. The molecule has 0 saturated carbocycles. The molecular weight excluding hydrogens is 328 g/mol. The van der Waals surface area contributed by atoms with Crippen molar-refractivity contribution in [3.05, 3.63) is 90.3 Å². The van der Waals surface area contributed by atoms with Gasteiger partial charge in [-0.1, -0.05) is 42.5 Å². The van der Waals surface area contributed by atoms with Crippen LogP contribution in [0.1, 0.15) is 37.4 Å². The number of anilines is 1. The molecule has 0 bridgehead atoms. The van der Waals surface area contributed by atoms with E-state index in [1.54, 1.807) is 0 Å². The summed E-state index contributed by atoms with van der Waals surface area (Å²) in [6, 6.07) is 21.8. The highest BCUT2D eigenvalue weighted by molar-refractivity contribution is 5.76. The fraction of sp³-hybridized carbons (Fsp3) is 0.240. The average molecular weight is 356 g/mol. The number of benzene rings is 2. The Hall–Kier alpha value is -2.87. The average Bonchev–Trinajstić information content (AvgIpc) is 2.73. The molecule has 0 N–H and O–H groups in total. The van der Waals surface area contributed by atoms with E-state index >= 15 is 0 Å². The summed E-state index contributed by atoms with van der Waals surface area (Å²) in [6.07, 6.45) is 10.2. The lowest BCUT2D eigenvalue weighted by Gasteiger charge is -2.29. The predicted molar refractivity (Wildman–Crippen MR) is 115 cm³/mol. The van der Waals surface area contributed by atoms with Crippen molar-refractivity contribution in [3.8, 4) is 0 Å². The molecule has 1 unspecified atom stereocenters. The van der Waals surface area contributed by atoms with E-state index in [0.29, 0.717) is 5.92 Å². The van der Waals surface area contributed by atoms with E-state index in [-0.39, 0.29) is 0 Å². The van der Waals surface area contributed by atoms with Gasteiger partial charge < -0.3 is 4.90 Å². The Morgan fingerprint density at radius 2 is 1.78 bits per heavy atom. The zero-order valence-corrected chi connectivity index (χ0v) is 16.2. The van der Waals surface area contributed by atoms with Gasteiger partial charge in [0, 0.05) is 47.9 Å². The van der Waals surface area contributed by atoms with Crippen molar-refractivity contribution in [3.63, 3.8) is 0 Å². The molecule has 2 nitrogen and oxygen atoms in total. The van der Waals surface area contributed by atoms with Crippen LogP contribution in [0.5, 0.6) is 0 Å². The quantitative estimate of drug-likeness (QED) is 0.533. The van der Waals surface area contributed by atoms with Crippen LogP contribution in [0.15, 0.2) is 79.0 Å². The first-order valence-corrected chi connectivity index (χ1v) is 9.93. The second-order valence-electron chi connectivity index (χ2n) is 6.99. The van der Waals surface area contributed by atoms with Crippen molar-refractivity contribution in [1.29, 1.82) is 0 Å². The third kappa shape index (κ3) is 3.40. The van der Waals surface area contributed by atoms with Gasteiger partial charge in [-0.25, -0.2) is 0 Å². The van der Waals surface area contributed by atoms with E-state index in [0.717, 1.165) is 19.5 Å². The number of allylic oxidation sites excluding steroid dienone is 2. The molecular formula is C25H27N2+. The number of rotatable bonds is 5. The molecule has 0 aliphatic carbocycles. The standard InChI is InChI=1S/C25H27N2/c1-3-26-19-18-20(23-13-6-8-15-25(23)26)11-9-12-22-17-16-21-10-5-7-14-24(21)27(22)4-2/h5-10,12-20H,3-4,11H2,1-2H3/q+1. The predicted octanol–water partition coefficient (Wildman–Crippen LogP) is 5.69. The van der Waals surface area contributed by atoms with Gasteiger partial charge in [0.15, 0.2) is 0 Å². The van der Waals surface area contributed by atoms with Gasteiger partial charge in [-0.15, -0.1) is 0 Å². The summed E-state index contributed by atoms with van der Waals surface area (Å²) in [7, 11) is 0. The lowest BCUT2D eigenvalue weighted by atomic mass is 9.91. The Morgan fingerprint density at radius 1 is 0.963 bits per heavy atom. The summed E-state index contributed by atoms with van der Waals surface area (Å²) in [4.78, 5) is 2.32. The van der Waals surface area contributed by atoms with Crippen LogP contribution in [0.25, 0.3) is 17.0 Å². The van der Waals surface area contributed by atoms with Gasteiger partial charge in [0.2, 0.25) is 11.2 Å². The van der Waals surface area contributed by atoms with Crippen LogP contribution in [-0.4, -0.2) is 6.54 Å². The van der Waals surface area contributed by atoms with Crippen molar-refractivity contribution in [2.75, 3.05) is 11.4 Å². The molecule has 2 heterocycles. The first kappa shape index (κ1) is 17.5. The molecule has 1 atom stereocenters. The van der Waals surface area contributed by atoms with Crippen LogP contribution >= 0.6 is 0 Å². The summed E-state index contributed by atoms with van der Waals surface area (Å²) in [5.74, 6) is 0.441. The van der Waals surface area contributed by atoms with Crippen molar-refractivity contribution in [2.24, 2.45) is 0 Å². The maximum absolute atomic E-state index is 2.38. The summed E-state index contributed by atoms with van der Waals surface area (Å²) in [5, 5.41) is 1.29. The highest BCUT2D eigenvalue weighted by Crippen LogP contribution is 2.35. The lowest BCUT2D eigenvalue weighted by Crippen LogP contribution is -2.36. The molecule has 2 aromatic carbocycles. The third-order valence-corrected chi connectivity index (χ3v) is 5.45. The monoisotopic (exact) mass is 355 g/mol. The van der Waals surface area contributed by atoms with Gasteiger partial charge in [-0.3, -0.25) is 0 Å². The van der Waals surface area contributed by atoms with Gasteiger partial charge in [0.25, 0.3) is 0 Å². The van der Waals surface area contributed by atoms with E-state index in [4.69, 9.17) is 0 Å². The van der Waals surface area contributed by atoms with Crippen molar-refractivity contribution in [2.45, 2.75) is 32.7 Å². The smallest absolute Gasteiger partial charge is 0.212 e. The first-order chi connectivity index (χ1) is 13.3. The van der Waals surface area contributed by atoms with Crippen LogP contribution in [0, 0.1) is 0 Å². The largest absolute Gasteiger partial charge is 0.348 e. The molecule has 0 radical (unpaired) electrons. The van der Waals surface area contributed by atoms with E-state index in [9.17, 15) is 0 Å². The summed E-state index contributed by atoms with van der Waals surface area (Å²) >= 11 is 0. The molecule has 1 aromatic heterocycles. The molecule has 0 spiro atoms. The van der Waals surface area contributed by atoms with E-state index < -0.39 is 0 Å². The van der Waals surface area contributed by atoms with Crippen molar-refractivity contribution < 1.29 is 4.57 Å². The fourth-order valence-corrected chi connectivity index (χ4v) is 4.05. The molecule has 3 aromatic rings. The first-order valence-electron chi connectivity index (χ1n) is 9.93. The van der Waals surface area contributed by atoms with Crippen LogP contribution in [-0.2, 0) is 6.54 Å². The molecule has 4 rings (SSSR count). The molecule has 1 aliphatic heterocycles. The maximum Gasteiger partial charge on any atom is 0.212 e. The van der Waals surface area contributed by atoms with E-state index in [2.05, 4.69) is 108 Å². The summed E-state index contributed by atoms with van der Waals surface area (Å²) in [5.41, 5.74) is 5.33. The number of hydrogen-bond acceptors (Lipinski definition) is 1. The molecule has 2 heteroatoms. The van der Waals surface area contributed by atoms with E-state index in [1.165, 1.54) is 27.8 Å². The number of hydrogen-bond donors (Lipinski definition) is 0. The topological polar surface area (TPSA) is 7.12 Å². The molecule has 0 amide bonds. The van der Waals surface area contributed by atoms with E-state index in [1.807, 2.05) is 0 Å². The Balaban J connectivity index is 1.59. The second-order valence-corrected chi connectivity index (χ2v) is 6.99.